The molecule has 1 rings (SSSR count). The Bertz CT molecular complexity index is 233. The first-order chi connectivity index (χ1) is 5.20. The molecule has 0 aromatic heterocycles. The van der Waals surface area contributed by atoms with Crippen molar-refractivity contribution in [3.8, 4) is 0 Å². The molecule has 0 saturated carbocycles. The summed E-state index contributed by atoms with van der Waals surface area (Å²) in [5.74, 6) is -0.155. The fraction of sp³-hybridized carbons (Fsp3) is 0.333. The van der Waals surface area contributed by atoms with E-state index in [-0.39, 0.29) is 5.82 Å². The first kappa shape index (κ1) is 8.21. The number of benzene rings is 1. The maximum atomic E-state index is 12.9. The van der Waals surface area contributed by atoms with Crippen molar-refractivity contribution < 1.29 is 4.39 Å². The van der Waals surface area contributed by atoms with Gasteiger partial charge in [-0.1, -0.05) is 6.07 Å². The summed E-state index contributed by atoms with van der Waals surface area (Å²) in [4.78, 5) is 1.92. The lowest BCUT2D eigenvalue weighted by atomic mass is 10.2. The van der Waals surface area contributed by atoms with Crippen LogP contribution in [-0.4, -0.2) is 19.0 Å². The van der Waals surface area contributed by atoms with E-state index < -0.39 is 0 Å². The molecule has 1 aromatic rings. The lowest BCUT2D eigenvalue weighted by Gasteiger charge is -2.09. The second kappa shape index (κ2) is 3.49. The molecule has 0 aliphatic rings. The highest BCUT2D eigenvalue weighted by Gasteiger charge is 2.00. The second-order valence-corrected chi connectivity index (χ2v) is 2.76. The third kappa shape index (κ3) is 2.31. The minimum atomic E-state index is -0.155. The smallest absolute Gasteiger partial charge is 0.127 e. The quantitative estimate of drug-likeness (QED) is 0.623. The van der Waals surface area contributed by atoms with Crippen molar-refractivity contribution in [1.82, 2.24) is 4.90 Å². The summed E-state index contributed by atoms with van der Waals surface area (Å²) in [6, 6.07) is 7.52. The first-order valence-electron chi connectivity index (χ1n) is 3.49. The van der Waals surface area contributed by atoms with Crippen LogP contribution in [0.1, 0.15) is 5.56 Å². The number of nitrogens with zero attached hydrogens (tertiary/aromatic N) is 1. The zero-order valence-electron chi connectivity index (χ0n) is 6.76. The lowest BCUT2D eigenvalue weighted by Crippen LogP contribution is -2.11. The molecule has 0 aliphatic heterocycles. The molecule has 0 bridgehead atoms. The molecule has 0 heterocycles. The molecular weight excluding hydrogens is 141 g/mol. The third-order valence-electron chi connectivity index (χ3n) is 1.38. The molecule has 0 N–H and O–H groups in total. The van der Waals surface area contributed by atoms with Gasteiger partial charge >= 0.3 is 0 Å². The predicted octanol–water partition coefficient (Wildman–Crippen LogP) is 1.69. The average molecular weight is 152 g/mol. The minimum Gasteiger partial charge on any atom is -0.305 e. The van der Waals surface area contributed by atoms with Gasteiger partial charge in [-0.05, 0) is 32.3 Å². The van der Waals surface area contributed by atoms with Crippen molar-refractivity contribution in [2.45, 2.75) is 6.54 Å². The van der Waals surface area contributed by atoms with Crippen molar-refractivity contribution in [3.05, 3.63) is 35.6 Å². The summed E-state index contributed by atoms with van der Waals surface area (Å²) in [7, 11) is 3.82. The SMILES string of the molecule is CN(C)Cc1c[c]ccc1F. The normalized spacial score (nSPS) is 10.5. The van der Waals surface area contributed by atoms with Gasteiger partial charge in [0.25, 0.3) is 0 Å². The van der Waals surface area contributed by atoms with Gasteiger partial charge in [-0.2, -0.15) is 0 Å². The van der Waals surface area contributed by atoms with E-state index in [2.05, 4.69) is 6.07 Å². The van der Waals surface area contributed by atoms with Crippen LogP contribution in [0.5, 0.6) is 0 Å². The summed E-state index contributed by atoms with van der Waals surface area (Å²) in [5, 5.41) is 0. The van der Waals surface area contributed by atoms with Crippen molar-refractivity contribution in [3.63, 3.8) is 0 Å². The van der Waals surface area contributed by atoms with Crippen molar-refractivity contribution in [1.29, 1.82) is 0 Å². The van der Waals surface area contributed by atoms with Crippen LogP contribution in [0.4, 0.5) is 4.39 Å². The molecule has 11 heavy (non-hydrogen) atoms. The molecular formula is C9H11FN. The number of hydrogen-bond acceptors (Lipinski definition) is 1. The van der Waals surface area contributed by atoms with Gasteiger partial charge in [0.05, 0.1) is 0 Å². The van der Waals surface area contributed by atoms with Crippen LogP contribution < -0.4 is 0 Å². The van der Waals surface area contributed by atoms with Gasteiger partial charge in [0.1, 0.15) is 5.82 Å². The van der Waals surface area contributed by atoms with Crippen LogP contribution in [0, 0.1) is 11.9 Å². The summed E-state index contributed by atoms with van der Waals surface area (Å²) in [6.45, 7) is 0.628. The summed E-state index contributed by atoms with van der Waals surface area (Å²) in [6.07, 6.45) is 0. The number of hydrogen-bond donors (Lipinski definition) is 0. The van der Waals surface area contributed by atoms with Crippen LogP contribution >= 0.6 is 0 Å². The Kier molecular flexibility index (Phi) is 2.60. The standard InChI is InChI=1S/C9H11FN/c1-11(2)7-8-5-3-4-6-9(8)10/h4-6H,7H2,1-2H3. The third-order valence-corrected chi connectivity index (χ3v) is 1.38. The summed E-state index contributed by atoms with van der Waals surface area (Å²) in [5.41, 5.74) is 0.692. The minimum absolute atomic E-state index is 0.155. The van der Waals surface area contributed by atoms with Crippen LogP contribution in [-0.2, 0) is 6.54 Å². The molecule has 1 aromatic carbocycles. The van der Waals surface area contributed by atoms with Gasteiger partial charge in [0.15, 0.2) is 0 Å². The van der Waals surface area contributed by atoms with Gasteiger partial charge in [-0.3, -0.25) is 0 Å². The maximum Gasteiger partial charge on any atom is 0.127 e. The Hall–Kier alpha value is -0.890. The summed E-state index contributed by atoms with van der Waals surface area (Å²) >= 11 is 0. The molecule has 0 amide bonds. The highest BCUT2D eigenvalue weighted by molar-refractivity contribution is 5.15. The van der Waals surface area contributed by atoms with E-state index in [1.165, 1.54) is 6.07 Å². The second-order valence-electron chi connectivity index (χ2n) is 2.76. The van der Waals surface area contributed by atoms with Crippen molar-refractivity contribution in [2.24, 2.45) is 0 Å². The van der Waals surface area contributed by atoms with Crippen LogP contribution in [0.25, 0.3) is 0 Å². The largest absolute Gasteiger partial charge is 0.305 e. The topological polar surface area (TPSA) is 3.24 Å². The Morgan fingerprint density at radius 1 is 1.55 bits per heavy atom. The highest BCUT2D eigenvalue weighted by Crippen LogP contribution is 2.06. The Morgan fingerprint density at radius 2 is 2.27 bits per heavy atom. The van der Waals surface area contributed by atoms with Crippen LogP contribution in [0.3, 0.4) is 0 Å². The monoisotopic (exact) mass is 152 g/mol. The van der Waals surface area contributed by atoms with Gasteiger partial charge < -0.3 is 4.90 Å². The van der Waals surface area contributed by atoms with E-state index in [9.17, 15) is 4.39 Å². The van der Waals surface area contributed by atoms with Gasteiger partial charge in [0.2, 0.25) is 0 Å². The van der Waals surface area contributed by atoms with Crippen LogP contribution in [0.2, 0.25) is 0 Å². The molecule has 1 nitrogen and oxygen atoms in total. The Morgan fingerprint density at radius 3 is 2.82 bits per heavy atom. The van der Waals surface area contributed by atoms with E-state index in [0.29, 0.717) is 12.1 Å². The average Bonchev–Trinajstić information content (AvgIpc) is 1.93. The van der Waals surface area contributed by atoms with E-state index in [1.54, 1.807) is 12.1 Å². The molecule has 0 saturated heterocycles. The Balaban J connectivity index is 2.78. The van der Waals surface area contributed by atoms with Crippen LogP contribution in [0.15, 0.2) is 18.2 Å². The number of halogens is 1. The predicted molar refractivity (Wildman–Crippen MR) is 42.6 cm³/mol. The zero-order valence-corrected chi connectivity index (χ0v) is 6.76. The van der Waals surface area contributed by atoms with Crippen molar-refractivity contribution in [2.75, 3.05) is 14.1 Å². The first-order valence-corrected chi connectivity index (χ1v) is 3.49. The molecule has 0 spiro atoms. The summed E-state index contributed by atoms with van der Waals surface area (Å²) < 4.78 is 12.9. The van der Waals surface area contributed by atoms with E-state index in [0.717, 1.165) is 0 Å². The fourth-order valence-corrected chi connectivity index (χ4v) is 0.908. The molecule has 0 fully saturated rings. The molecule has 0 unspecified atom stereocenters. The maximum absolute atomic E-state index is 12.9. The van der Waals surface area contributed by atoms with Gasteiger partial charge in [-0.15, -0.1) is 0 Å². The molecule has 59 valence electrons. The highest BCUT2D eigenvalue weighted by atomic mass is 19.1. The fourth-order valence-electron chi connectivity index (χ4n) is 0.908. The molecule has 1 radical (unpaired) electrons. The van der Waals surface area contributed by atoms with Gasteiger partial charge in [0, 0.05) is 12.1 Å². The van der Waals surface area contributed by atoms with E-state index in [1.807, 2.05) is 19.0 Å². The Labute approximate surface area is 66.5 Å². The lowest BCUT2D eigenvalue weighted by molar-refractivity contribution is 0.392. The zero-order chi connectivity index (χ0) is 8.27. The van der Waals surface area contributed by atoms with Crippen molar-refractivity contribution >= 4 is 0 Å². The van der Waals surface area contributed by atoms with E-state index >= 15 is 0 Å². The molecule has 2 heteroatoms. The molecule has 0 aliphatic carbocycles. The van der Waals surface area contributed by atoms with E-state index in [4.69, 9.17) is 0 Å². The van der Waals surface area contributed by atoms with Gasteiger partial charge in [-0.25, -0.2) is 4.39 Å². The number of rotatable bonds is 2. The molecule has 0 atom stereocenters.